The summed E-state index contributed by atoms with van der Waals surface area (Å²) < 4.78 is 0. The molecule has 1 atom stereocenters. The van der Waals surface area contributed by atoms with E-state index in [0.717, 1.165) is 30.6 Å². The van der Waals surface area contributed by atoms with Crippen molar-refractivity contribution in [2.24, 2.45) is 4.99 Å². The Morgan fingerprint density at radius 3 is 2.89 bits per heavy atom. The number of fused-ring (bicyclic) bond motifs is 1. The zero-order valence-corrected chi connectivity index (χ0v) is 15.9. The topological polar surface area (TPSA) is 74.8 Å². The number of carbonyl (C=O) groups excluding carboxylic acids is 1. The monoisotopic (exact) mass is 404 g/mol. The van der Waals surface area contributed by atoms with Crippen LogP contribution in [0, 0.1) is 0 Å². The molecule has 4 rings (SSSR count). The second kappa shape index (κ2) is 7.76. The summed E-state index contributed by atoms with van der Waals surface area (Å²) in [5, 5.41) is 6.99. The van der Waals surface area contributed by atoms with Gasteiger partial charge in [-0.05, 0) is 48.2 Å². The van der Waals surface area contributed by atoms with Crippen molar-refractivity contribution in [1.29, 1.82) is 0 Å². The molecule has 2 aliphatic rings. The van der Waals surface area contributed by atoms with Gasteiger partial charge in [0.25, 0.3) is 0 Å². The van der Waals surface area contributed by atoms with E-state index in [2.05, 4.69) is 27.2 Å². The second-order valence-corrected chi connectivity index (χ2v) is 7.30. The van der Waals surface area contributed by atoms with Gasteiger partial charge in [-0.15, -0.1) is 0 Å². The van der Waals surface area contributed by atoms with Crippen LogP contribution in [0.3, 0.4) is 0 Å². The molecule has 0 aromatic heterocycles. The smallest absolute Gasteiger partial charge is 0.224 e. The minimum absolute atomic E-state index is 0.0806. The van der Waals surface area contributed by atoms with Crippen LogP contribution >= 0.6 is 23.2 Å². The van der Waals surface area contributed by atoms with Crippen LogP contribution in [0.2, 0.25) is 10.0 Å². The first-order valence-corrected chi connectivity index (χ1v) is 9.45. The number of benzene rings is 2. The fourth-order valence-electron chi connectivity index (χ4n) is 3.09. The molecular formula is C19H18Cl2N4O2. The molecule has 27 heavy (non-hydrogen) atoms. The van der Waals surface area contributed by atoms with Gasteiger partial charge in [-0.3, -0.25) is 4.79 Å². The highest BCUT2D eigenvalue weighted by Gasteiger charge is 2.19. The molecule has 0 bridgehead atoms. The average Bonchev–Trinajstić information content (AvgIpc) is 3.10. The SMILES string of the molecule is O=C1CCc2cc(CCC3N=C(Nc4ccc(Cl)c(Cl)c4)NO3)ccc2N1. The molecule has 2 aromatic carbocycles. The maximum Gasteiger partial charge on any atom is 0.224 e. The van der Waals surface area contributed by atoms with Gasteiger partial charge in [0.2, 0.25) is 11.9 Å². The Balaban J connectivity index is 1.34. The molecule has 2 aromatic rings. The molecule has 0 spiro atoms. The van der Waals surface area contributed by atoms with E-state index >= 15 is 0 Å². The first-order chi connectivity index (χ1) is 13.1. The lowest BCUT2D eigenvalue weighted by Gasteiger charge is -2.17. The molecule has 2 aliphatic heterocycles. The van der Waals surface area contributed by atoms with Crippen LogP contribution in [-0.2, 0) is 22.5 Å². The summed E-state index contributed by atoms with van der Waals surface area (Å²) in [5.74, 6) is 0.614. The number of anilines is 2. The fraction of sp³-hybridized carbons (Fsp3) is 0.263. The maximum atomic E-state index is 11.4. The third kappa shape index (κ3) is 4.35. The standard InChI is InChI=1S/C19H18Cl2N4O2/c20-14-5-4-13(10-15(14)21)22-19-24-18(27-25-19)8-2-11-1-6-16-12(9-11)3-7-17(26)23-16/h1,4-6,9-10,18H,2-3,7-8H2,(H,23,26)(H2,22,24,25). The highest BCUT2D eigenvalue weighted by atomic mass is 35.5. The van der Waals surface area contributed by atoms with E-state index in [0.29, 0.717) is 22.4 Å². The molecule has 6 nitrogen and oxygen atoms in total. The number of guanidine groups is 1. The molecular weight excluding hydrogens is 387 g/mol. The summed E-state index contributed by atoms with van der Waals surface area (Å²) in [6, 6.07) is 11.4. The van der Waals surface area contributed by atoms with E-state index in [1.54, 1.807) is 12.1 Å². The number of hydrogen-bond acceptors (Lipinski definition) is 5. The molecule has 0 radical (unpaired) electrons. The fourth-order valence-corrected chi connectivity index (χ4v) is 3.39. The number of nitrogens with one attached hydrogen (secondary N) is 3. The number of rotatable bonds is 4. The predicted octanol–water partition coefficient (Wildman–Crippen LogP) is 4.14. The van der Waals surface area contributed by atoms with E-state index in [1.165, 1.54) is 11.1 Å². The first kappa shape index (κ1) is 18.1. The quantitative estimate of drug-likeness (QED) is 0.715. The molecule has 8 heteroatoms. The summed E-state index contributed by atoms with van der Waals surface area (Å²) in [5.41, 5.74) is 6.87. The van der Waals surface area contributed by atoms with Crippen LogP contribution in [0.4, 0.5) is 11.4 Å². The zero-order valence-electron chi connectivity index (χ0n) is 14.4. The summed E-state index contributed by atoms with van der Waals surface area (Å²) >= 11 is 11.9. The van der Waals surface area contributed by atoms with Crippen molar-refractivity contribution in [1.82, 2.24) is 5.48 Å². The Labute approximate surface area is 166 Å². The van der Waals surface area contributed by atoms with Crippen LogP contribution in [-0.4, -0.2) is 18.1 Å². The number of carbonyl (C=O) groups is 1. The largest absolute Gasteiger partial charge is 0.326 e. The lowest BCUT2D eigenvalue weighted by atomic mass is 9.98. The number of hydroxylamine groups is 1. The number of amides is 1. The molecule has 0 fully saturated rings. The van der Waals surface area contributed by atoms with Crippen molar-refractivity contribution in [3.8, 4) is 0 Å². The van der Waals surface area contributed by atoms with E-state index in [-0.39, 0.29) is 12.1 Å². The lowest BCUT2D eigenvalue weighted by molar-refractivity contribution is -0.116. The van der Waals surface area contributed by atoms with Crippen LogP contribution < -0.4 is 16.1 Å². The Morgan fingerprint density at radius 2 is 2.04 bits per heavy atom. The van der Waals surface area contributed by atoms with Crippen molar-refractivity contribution >= 4 is 46.4 Å². The van der Waals surface area contributed by atoms with E-state index in [9.17, 15) is 4.79 Å². The lowest BCUT2D eigenvalue weighted by Crippen LogP contribution is -2.25. The highest BCUT2D eigenvalue weighted by molar-refractivity contribution is 6.42. The summed E-state index contributed by atoms with van der Waals surface area (Å²) in [7, 11) is 0. The van der Waals surface area contributed by atoms with Crippen molar-refractivity contribution < 1.29 is 9.63 Å². The zero-order chi connectivity index (χ0) is 18.8. The van der Waals surface area contributed by atoms with Gasteiger partial charge in [-0.1, -0.05) is 35.3 Å². The first-order valence-electron chi connectivity index (χ1n) is 8.70. The third-order valence-electron chi connectivity index (χ3n) is 4.49. The van der Waals surface area contributed by atoms with Crippen molar-refractivity contribution in [2.45, 2.75) is 31.9 Å². The van der Waals surface area contributed by atoms with E-state index in [1.807, 2.05) is 18.2 Å². The summed E-state index contributed by atoms with van der Waals surface area (Å²) in [6.07, 6.45) is 2.62. The average molecular weight is 405 g/mol. The molecule has 0 saturated carbocycles. The molecule has 0 saturated heterocycles. The number of hydrogen-bond donors (Lipinski definition) is 3. The van der Waals surface area contributed by atoms with E-state index < -0.39 is 0 Å². The van der Waals surface area contributed by atoms with Gasteiger partial charge in [0.15, 0.2) is 6.23 Å². The Morgan fingerprint density at radius 1 is 1.15 bits per heavy atom. The van der Waals surface area contributed by atoms with Gasteiger partial charge in [0, 0.05) is 24.2 Å². The van der Waals surface area contributed by atoms with Gasteiger partial charge in [0.1, 0.15) is 0 Å². The van der Waals surface area contributed by atoms with Gasteiger partial charge in [0.05, 0.1) is 10.0 Å². The minimum Gasteiger partial charge on any atom is -0.326 e. The van der Waals surface area contributed by atoms with Crippen molar-refractivity contribution in [3.63, 3.8) is 0 Å². The van der Waals surface area contributed by atoms with Gasteiger partial charge in [-0.25, -0.2) is 15.3 Å². The second-order valence-electron chi connectivity index (χ2n) is 6.48. The molecule has 2 heterocycles. The maximum absolute atomic E-state index is 11.4. The summed E-state index contributed by atoms with van der Waals surface area (Å²) in [6.45, 7) is 0. The van der Waals surface area contributed by atoms with Gasteiger partial charge >= 0.3 is 0 Å². The van der Waals surface area contributed by atoms with Gasteiger partial charge in [-0.2, -0.15) is 0 Å². The minimum atomic E-state index is -0.272. The molecule has 3 N–H and O–H groups in total. The number of nitrogens with zero attached hydrogens (tertiary/aromatic N) is 1. The predicted molar refractivity (Wildman–Crippen MR) is 107 cm³/mol. The molecule has 1 amide bonds. The highest BCUT2D eigenvalue weighted by Crippen LogP contribution is 2.26. The molecule has 0 aliphatic carbocycles. The third-order valence-corrected chi connectivity index (χ3v) is 5.23. The number of halogens is 2. The molecule has 140 valence electrons. The van der Waals surface area contributed by atoms with E-state index in [4.69, 9.17) is 28.0 Å². The van der Waals surface area contributed by atoms with Crippen LogP contribution in [0.25, 0.3) is 0 Å². The van der Waals surface area contributed by atoms with Crippen LogP contribution in [0.1, 0.15) is 24.0 Å². The number of aliphatic imine (C=N–C) groups is 1. The Hall–Kier alpha value is -2.28. The van der Waals surface area contributed by atoms with Crippen molar-refractivity contribution in [3.05, 3.63) is 57.6 Å². The van der Waals surface area contributed by atoms with Crippen LogP contribution in [0.15, 0.2) is 41.4 Å². The van der Waals surface area contributed by atoms with Gasteiger partial charge < -0.3 is 10.6 Å². The molecule has 1 unspecified atom stereocenters. The van der Waals surface area contributed by atoms with Crippen LogP contribution in [0.5, 0.6) is 0 Å². The Kier molecular flexibility index (Phi) is 5.20. The summed E-state index contributed by atoms with van der Waals surface area (Å²) in [4.78, 5) is 21.4. The normalized spacial score (nSPS) is 18.4. The number of aryl methyl sites for hydroxylation is 2. The van der Waals surface area contributed by atoms with Crippen molar-refractivity contribution in [2.75, 3.05) is 10.6 Å². The Bertz CT molecular complexity index is 917.